The van der Waals surface area contributed by atoms with E-state index in [1.165, 1.54) is 0 Å². The number of hydrogen-bond acceptors (Lipinski definition) is 4. The summed E-state index contributed by atoms with van der Waals surface area (Å²) in [4.78, 5) is 8.21. The highest BCUT2D eigenvalue weighted by molar-refractivity contribution is 6.10. The fourth-order valence-corrected chi connectivity index (χ4v) is 5.92. The number of rotatable bonds is 10. The zero-order valence-electron chi connectivity index (χ0n) is 25.5. The van der Waals surface area contributed by atoms with Gasteiger partial charge in [-0.15, -0.1) is 0 Å². The summed E-state index contributed by atoms with van der Waals surface area (Å²) in [6.07, 6.45) is 0. The van der Waals surface area contributed by atoms with Gasteiger partial charge in [-0.3, -0.25) is 0 Å². The fraction of sp³-hybridized carbons (Fsp3) is 0.100. The molecule has 0 saturated heterocycles. The number of benzene rings is 6. The molecule has 0 bridgehead atoms. The van der Waals surface area contributed by atoms with Gasteiger partial charge in [-0.25, -0.2) is 0 Å². The van der Waals surface area contributed by atoms with Crippen LogP contribution >= 0.6 is 0 Å². The summed E-state index contributed by atoms with van der Waals surface area (Å²) in [6.45, 7) is 5.29. The number of aromatic amines is 1. The average molecular weight is 590 g/mol. The maximum absolute atomic E-state index is 5.73. The summed E-state index contributed by atoms with van der Waals surface area (Å²) in [5.41, 5.74) is 8.66. The zero-order chi connectivity index (χ0) is 30.6. The number of nitrogens with one attached hydrogen (secondary N) is 1. The smallest absolute Gasteiger partial charge is 0.119 e. The molecule has 0 aliphatic rings. The van der Waals surface area contributed by atoms with Crippen molar-refractivity contribution >= 4 is 55.9 Å². The van der Waals surface area contributed by atoms with Crippen molar-refractivity contribution in [3.8, 4) is 11.5 Å². The summed E-state index contributed by atoms with van der Waals surface area (Å²) in [5.74, 6) is 1.73. The molecule has 222 valence electrons. The van der Waals surface area contributed by atoms with Crippen LogP contribution in [0.4, 0.5) is 34.1 Å². The van der Waals surface area contributed by atoms with E-state index in [2.05, 4.69) is 124 Å². The molecule has 1 N–H and O–H groups in total. The normalized spacial score (nSPS) is 11.1. The molecule has 6 aromatic carbocycles. The Morgan fingerprint density at radius 1 is 0.422 bits per heavy atom. The molecule has 0 spiro atoms. The molecular weight excluding hydrogens is 554 g/mol. The Morgan fingerprint density at radius 3 is 1.16 bits per heavy atom. The summed E-state index contributed by atoms with van der Waals surface area (Å²) < 4.78 is 11.5. The lowest BCUT2D eigenvalue weighted by atomic mass is 10.1. The van der Waals surface area contributed by atoms with E-state index >= 15 is 0 Å². The fourth-order valence-electron chi connectivity index (χ4n) is 5.92. The third-order valence-corrected chi connectivity index (χ3v) is 7.92. The Labute approximate surface area is 263 Å². The minimum atomic E-state index is 0.640. The van der Waals surface area contributed by atoms with E-state index in [0.29, 0.717) is 13.2 Å². The molecule has 0 saturated carbocycles. The third kappa shape index (κ3) is 5.68. The van der Waals surface area contributed by atoms with Crippen LogP contribution in [0.15, 0.2) is 146 Å². The van der Waals surface area contributed by atoms with Gasteiger partial charge in [-0.05, 0) is 123 Å². The molecule has 0 aliphatic carbocycles. The largest absolute Gasteiger partial charge is 0.494 e. The van der Waals surface area contributed by atoms with Gasteiger partial charge in [0.05, 0.1) is 13.2 Å². The molecule has 1 aromatic heterocycles. The number of nitrogens with zero attached hydrogens (tertiary/aromatic N) is 2. The molecule has 5 heteroatoms. The maximum atomic E-state index is 5.73. The van der Waals surface area contributed by atoms with Crippen molar-refractivity contribution in [3.63, 3.8) is 0 Å². The minimum absolute atomic E-state index is 0.640. The maximum Gasteiger partial charge on any atom is 0.119 e. The molecule has 7 aromatic rings. The van der Waals surface area contributed by atoms with Crippen molar-refractivity contribution in [1.82, 2.24) is 4.98 Å². The number of fused-ring (bicyclic) bond motifs is 3. The predicted molar refractivity (Wildman–Crippen MR) is 188 cm³/mol. The first kappa shape index (κ1) is 28.1. The molecular formula is C40H35N3O2. The number of anilines is 6. The number of H-pyrrole nitrogens is 1. The lowest BCUT2D eigenvalue weighted by molar-refractivity contribution is 0.340. The van der Waals surface area contributed by atoms with E-state index in [9.17, 15) is 0 Å². The van der Waals surface area contributed by atoms with Gasteiger partial charge in [-0.2, -0.15) is 0 Å². The van der Waals surface area contributed by atoms with Crippen LogP contribution in [0.5, 0.6) is 11.5 Å². The molecule has 1 heterocycles. The molecule has 7 rings (SSSR count). The van der Waals surface area contributed by atoms with Crippen LogP contribution < -0.4 is 19.3 Å². The second kappa shape index (κ2) is 12.5. The van der Waals surface area contributed by atoms with Crippen LogP contribution in [0.3, 0.4) is 0 Å². The van der Waals surface area contributed by atoms with Crippen molar-refractivity contribution in [1.29, 1.82) is 0 Å². The second-order valence-corrected chi connectivity index (χ2v) is 10.8. The van der Waals surface area contributed by atoms with E-state index in [1.807, 2.05) is 50.2 Å². The summed E-state index contributed by atoms with van der Waals surface area (Å²) in [5, 5.41) is 2.33. The van der Waals surface area contributed by atoms with Gasteiger partial charge in [0, 0.05) is 55.9 Å². The first-order chi connectivity index (χ1) is 22.2. The van der Waals surface area contributed by atoms with Crippen molar-refractivity contribution in [2.24, 2.45) is 0 Å². The summed E-state index contributed by atoms with van der Waals surface area (Å²) in [7, 11) is 0. The Balaban J connectivity index is 1.35. The summed E-state index contributed by atoms with van der Waals surface area (Å²) in [6, 6.07) is 50.8. The number of ether oxygens (including phenoxy) is 2. The standard InChI is InChI=1S/C40H35N3O2/c1-3-44-35-21-15-31(16-22-35)42(29-11-7-5-8-12-29)33-19-25-39-37(27-33)38-28-34(20-26-40(38)41-39)43(30-13-9-6-10-14-30)32-17-23-36(24-18-32)45-4-2/h5-28,41H,3-4H2,1-2H3. The lowest BCUT2D eigenvalue weighted by Gasteiger charge is -2.26. The molecule has 0 aliphatic heterocycles. The van der Waals surface area contributed by atoms with Gasteiger partial charge in [0.15, 0.2) is 0 Å². The Bertz CT molecular complexity index is 1870. The van der Waals surface area contributed by atoms with Crippen LogP contribution in [0, 0.1) is 0 Å². The highest BCUT2D eigenvalue weighted by Gasteiger charge is 2.17. The van der Waals surface area contributed by atoms with Crippen LogP contribution in [0.25, 0.3) is 21.8 Å². The summed E-state index contributed by atoms with van der Waals surface area (Å²) >= 11 is 0. The SMILES string of the molecule is CCOc1ccc(N(c2ccccc2)c2ccc3[nH]c4ccc(N(c5ccccc5)c5ccc(OCC)cc5)cc4c3c2)cc1. The molecule has 45 heavy (non-hydrogen) atoms. The van der Waals surface area contributed by atoms with Crippen LogP contribution in [0.1, 0.15) is 13.8 Å². The Hall–Kier alpha value is -5.68. The highest BCUT2D eigenvalue weighted by Crippen LogP contribution is 2.41. The predicted octanol–water partition coefficient (Wildman–Crippen LogP) is 11.1. The lowest BCUT2D eigenvalue weighted by Crippen LogP contribution is -2.10. The molecule has 5 nitrogen and oxygen atoms in total. The van der Waals surface area contributed by atoms with Crippen LogP contribution in [-0.2, 0) is 0 Å². The highest BCUT2D eigenvalue weighted by atomic mass is 16.5. The van der Waals surface area contributed by atoms with Gasteiger partial charge in [-0.1, -0.05) is 36.4 Å². The van der Waals surface area contributed by atoms with E-state index in [1.54, 1.807) is 0 Å². The number of hydrogen-bond donors (Lipinski definition) is 1. The Morgan fingerprint density at radius 2 is 0.778 bits per heavy atom. The molecule has 0 radical (unpaired) electrons. The van der Waals surface area contributed by atoms with E-state index in [4.69, 9.17) is 9.47 Å². The van der Waals surface area contributed by atoms with Gasteiger partial charge < -0.3 is 24.3 Å². The number of aromatic nitrogens is 1. The first-order valence-electron chi connectivity index (χ1n) is 15.4. The van der Waals surface area contributed by atoms with E-state index in [0.717, 1.165) is 67.4 Å². The van der Waals surface area contributed by atoms with Gasteiger partial charge in [0.1, 0.15) is 11.5 Å². The van der Waals surface area contributed by atoms with E-state index in [-0.39, 0.29) is 0 Å². The van der Waals surface area contributed by atoms with Gasteiger partial charge in [0.2, 0.25) is 0 Å². The van der Waals surface area contributed by atoms with Crippen LogP contribution in [0.2, 0.25) is 0 Å². The van der Waals surface area contributed by atoms with Crippen molar-refractivity contribution in [2.75, 3.05) is 23.0 Å². The van der Waals surface area contributed by atoms with Crippen molar-refractivity contribution < 1.29 is 9.47 Å². The van der Waals surface area contributed by atoms with Crippen molar-refractivity contribution in [2.45, 2.75) is 13.8 Å². The topological polar surface area (TPSA) is 40.7 Å². The van der Waals surface area contributed by atoms with E-state index < -0.39 is 0 Å². The molecule has 0 atom stereocenters. The molecule has 0 amide bonds. The zero-order valence-corrected chi connectivity index (χ0v) is 25.5. The Kier molecular flexibility index (Phi) is 7.81. The quantitative estimate of drug-likeness (QED) is 0.172. The average Bonchev–Trinajstić information content (AvgIpc) is 3.45. The minimum Gasteiger partial charge on any atom is -0.494 e. The molecule has 0 unspecified atom stereocenters. The number of para-hydroxylation sites is 2. The van der Waals surface area contributed by atoms with Gasteiger partial charge >= 0.3 is 0 Å². The van der Waals surface area contributed by atoms with Gasteiger partial charge in [0.25, 0.3) is 0 Å². The molecule has 0 fully saturated rings. The van der Waals surface area contributed by atoms with Crippen molar-refractivity contribution in [3.05, 3.63) is 146 Å². The second-order valence-electron chi connectivity index (χ2n) is 10.8. The first-order valence-corrected chi connectivity index (χ1v) is 15.4. The third-order valence-electron chi connectivity index (χ3n) is 7.92. The monoisotopic (exact) mass is 589 g/mol. The van der Waals surface area contributed by atoms with Crippen LogP contribution in [-0.4, -0.2) is 18.2 Å².